The lowest BCUT2D eigenvalue weighted by molar-refractivity contribution is -0.131. The molecule has 2 rings (SSSR count). The van der Waals surface area contributed by atoms with Gasteiger partial charge in [-0.15, -0.1) is 12.4 Å². The molecule has 24 heavy (non-hydrogen) atoms. The summed E-state index contributed by atoms with van der Waals surface area (Å²) in [7, 11) is 3.16. The van der Waals surface area contributed by atoms with E-state index in [1.54, 1.807) is 32.4 Å². The smallest absolute Gasteiger partial charge is 0.249 e. The van der Waals surface area contributed by atoms with Gasteiger partial charge in [-0.2, -0.15) is 0 Å². The van der Waals surface area contributed by atoms with Gasteiger partial charge in [0.15, 0.2) is 0 Å². The molecule has 1 amide bonds. The predicted octanol–water partition coefficient (Wildman–Crippen LogP) is 1.13. The lowest BCUT2D eigenvalue weighted by Crippen LogP contribution is -2.37. The Morgan fingerprint density at radius 3 is 2.38 bits per heavy atom. The Hall–Kier alpha value is -1.70. The minimum Gasteiger partial charge on any atom is -0.496 e. The molecule has 0 unspecified atom stereocenters. The molecule has 0 bridgehead atoms. The van der Waals surface area contributed by atoms with Crippen LogP contribution in [0, 0.1) is 0 Å². The van der Waals surface area contributed by atoms with Crippen molar-refractivity contribution >= 4 is 18.3 Å². The van der Waals surface area contributed by atoms with Crippen molar-refractivity contribution in [3.63, 3.8) is 0 Å². The second-order valence-electron chi connectivity index (χ2n) is 5.25. The summed E-state index contributed by atoms with van der Waals surface area (Å²) in [4.78, 5) is 11.9. The Morgan fingerprint density at radius 1 is 1.21 bits per heavy atom. The van der Waals surface area contributed by atoms with E-state index in [4.69, 9.17) is 24.7 Å². The lowest BCUT2D eigenvalue weighted by Gasteiger charge is -2.13. The second-order valence-corrected chi connectivity index (χ2v) is 5.25. The number of hydrogen-bond acceptors (Lipinski definition) is 6. The molecular weight excluding hydrogens is 336 g/mol. The average molecular weight is 361 g/mol. The summed E-state index contributed by atoms with van der Waals surface area (Å²) in [6, 6.07) is 5.28. The van der Waals surface area contributed by atoms with E-state index in [-0.39, 0.29) is 24.4 Å². The zero-order valence-electron chi connectivity index (χ0n) is 13.9. The molecule has 1 aromatic carbocycles. The number of nitrogens with one attached hydrogen (secondary N) is 1. The molecule has 0 spiro atoms. The van der Waals surface area contributed by atoms with Crippen LogP contribution >= 0.6 is 12.4 Å². The maximum Gasteiger partial charge on any atom is 0.249 e. The highest BCUT2D eigenvalue weighted by atomic mass is 35.5. The zero-order chi connectivity index (χ0) is 16.7. The summed E-state index contributed by atoms with van der Waals surface area (Å²) >= 11 is 0. The molecule has 2 atom stereocenters. The number of halogens is 1. The standard InChI is InChI=1S/C16H24N2O5.ClH/c1-20-12-7-13(21-2)9-14(8-12)22-6-5-18-16(19)15-4-3-11(10-17)23-15;/h7-9,11,15H,3-6,10,17H2,1-2H3,(H,18,19);1H/t11-,15+;/m1./s1. The van der Waals surface area contributed by atoms with Crippen molar-refractivity contribution in [2.24, 2.45) is 5.73 Å². The number of ether oxygens (including phenoxy) is 4. The zero-order valence-corrected chi connectivity index (χ0v) is 14.8. The summed E-state index contributed by atoms with van der Waals surface area (Å²) in [6.45, 7) is 1.19. The molecule has 1 fully saturated rings. The number of benzene rings is 1. The molecule has 8 heteroatoms. The van der Waals surface area contributed by atoms with E-state index >= 15 is 0 Å². The van der Waals surface area contributed by atoms with E-state index in [1.807, 2.05) is 0 Å². The summed E-state index contributed by atoms with van der Waals surface area (Å²) < 4.78 is 21.5. The van der Waals surface area contributed by atoms with Gasteiger partial charge in [0.2, 0.25) is 5.91 Å². The fourth-order valence-electron chi connectivity index (χ4n) is 2.39. The van der Waals surface area contributed by atoms with Crippen molar-refractivity contribution in [3.05, 3.63) is 18.2 Å². The Morgan fingerprint density at radius 2 is 1.83 bits per heavy atom. The van der Waals surface area contributed by atoms with Crippen LogP contribution in [0.3, 0.4) is 0 Å². The van der Waals surface area contributed by atoms with Gasteiger partial charge in [0, 0.05) is 24.7 Å². The summed E-state index contributed by atoms with van der Waals surface area (Å²) in [5, 5.41) is 2.80. The van der Waals surface area contributed by atoms with Crippen LogP contribution in [0.2, 0.25) is 0 Å². The van der Waals surface area contributed by atoms with Gasteiger partial charge in [0.1, 0.15) is 30.0 Å². The molecule has 136 valence electrons. The van der Waals surface area contributed by atoms with Crippen molar-refractivity contribution in [1.82, 2.24) is 5.32 Å². The number of amides is 1. The van der Waals surface area contributed by atoms with Crippen molar-refractivity contribution in [2.45, 2.75) is 25.0 Å². The number of carbonyl (C=O) groups excluding carboxylic acids is 1. The van der Waals surface area contributed by atoms with Gasteiger partial charge in [0.25, 0.3) is 0 Å². The summed E-state index contributed by atoms with van der Waals surface area (Å²) in [6.07, 6.45) is 1.13. The fraction of sp³-hybridized carbons (Fsp3) is 0.562. The summed E-state index contributed by atoms with van der Waals surface area (Å²) in [5.74, 6) is 1.80. The molecule has 3 N–H and O–H groups in total. The van der Waals surface area contributed by atoms with Crippen molar-refractivity contribution in [2.75, 3.05) is 33.9 Å². The lowest BCUT2D eigenvalue weighted by atomic mass is 10.2. The Balaban J connectivity index is 0.00000288. The number of nitrogens with two attached hydrogens (primary N) is 1. The van der Waals surface area contributed by atoms with Crippen LogP contribution in [-0.2, 0) is 9.53 Å². The van der Waals surface area contributed by atoms with Gasteiger partial charge in [-0.3, -0.25) is 4.79 Å². The first-order valence-electron chi connectivity index (χ1n) is 7.65. The molecule has 0 radical (unpaired) electrons. The van der Waals surface area contributed by atoms with E-state index in [0.717, 1.165) is 6.42 Å². The Bertz CT molecular complexity index is 507. The minimum absolute atomic E-state index is 0. The number of methoxy groups -OCH3 is 2. The topological polar surface area (TPSA) is 92.0 Å². The fourth-order valence-corrected chi connectivity index (χ4v) is 2.39. The van der Waals surface area contributed by atoms with E-state index in [9.17, 15) is 4.79 Å². The van der Waals surface area contributed by atoms with Crippen LogP contribution in [0.15, 0.2) is 18.2 Å². The Kier molecular flexibility index (Phi) is 8.67. The van der Waals surface area contributed by atoms with Gasteiger partial charge in [-0.25, -0.2) is 0 Å². The van der Waals surface area contributed by atoms with Crippen molar-refractivity contribution in [1.29, 1.82) is 0 Å². The molecule has 1 aliphatic heterocycles. The van der Waals surface area contributed by atoms with E-state index in [0.29, 0.717) is 43.4 Å². The monoisotopic (exact) mass is 360 g/mol. The predicted molar refractivity (Wildman–Crippen MR) is 92.2 cm³/mol. The number of rotatable bonds is 8. The third kappa shape index (κ3) is 5.74. The van der Waals surface area contributed by atoms with Crippen LogP contribution in [-0.4, -0.2) is 52.0 Å². The third-order valence-corrected chi connectivity index (χ3v) is 3.66. The molecule has 1 aromatic rings. The van der Waals surface area contributed by atoms with Crippen LogP contribution < -0.4 is 25.3 Å². The first kappa shape index (κ1) is 20.3. The van der Waals surface area contributed by atoms with Crippen LogP contribution in [0.25, 0.3) is 0 Å². The first-order valence-corrected chi connectivity index (χ1v) is 7.65. The summed E-state index contributed by atoms with van der Waals surface area (Å²) in [5.41, 5.74) is 5.53. The molecule has 1 heterocycles. The molecule has 7 nitrogen and oxygen atoms in total. The van der Waals surface area contributed by atoms with Gasteiger partial charge >= 0.3 is 0 Å². The quantitative estimate of drug-likeness (QED) is 0.675. The van der Waals surface area contributed by atoms with E-state index in [1.165, 1.54) is 0 Å². The normalized spacial score (nSPS) is 19.3. The van der Waals surface area contributed by atoms with Crippen LogP contribution in [0.4, 0.5) is 0 Å². The van der Waals surface area contributed by atoms with Gasteiger partial charge < -0.3 is 30.0 Å². The van der Waals surface area contributed by atoms with E-state index in [2.05, 4.69) is 5.32 Å². The van der Waals surface area contributed by atoms with Crippen LogP contribution in [0.5, 0.6) is 17.2 Å². The molecule has 1 aliphatic rings. The molecule has 0 aromatic heterocycles. The van der Waals surface area contributed by atoms with Crippen molar-refractivity contribution in [3.8, 4) is 17.2 Å². The second kappa shape index (κ2) is 10.2. The van der Waals surface area contributed by atoms with Crippen LogP contribution in [0.1, 0.15) is 12.8 Å². The van der Waals surface area contributed by atoms with Crippen molar-refractivity contribution < 1.29 is 23.7 Å². The maximum atomic E-state index is 11.9. The molecule has 0 saturated carbocycles. The minimum atomic E-state index is -0.402. The number of hydrogen-bond donors (Lipinski definition) is 2. The highest BCUT2D eigenvalue weighted by Gasteiger charge is 2.29. The van der Waals surface area contributed by atoms with Gasteiger partial charge in [-0.05, 0) is 12.8 Å². The first-order chi connectivity index (χ1) is 11.2. The molecule has 1 saturated heterocycles. The number of carbonyl (C=O) groups is 1. The van der Waals surface area contributed by atoms with E-state index < -0.39 is 6.10 Å². The largest absolute Gasteiger partial charge is 0.496 e. The highest BCUT2D eigenvalue weighted by Crippen LogP contribution is 2.27. The highest BCUT2D eigenvalue weighted by molar-refractivity contribution is 5.85. The molecular formula is C16H25ClN2O5. The molecule has 0 aliphatic carbocycles. The SMILES string of the molecule is COc1cc(OC)cc(OCCNC(=O)[C@@H]2CC[C@H](CN)O2)c1.Cl. The Labute approximate surface area is 148 Å². The van der Waals surface area contributed by atoms with Gasteiger partial charge in [-0.1, -0.05) is 0 Å². The average Bonchev–Trinajstić information content (AvgIpc) is 3.07. The maximum absolute atomic E-state index is 11.9. The van der Waals surface area contributed by atoms with Gasteiger partial charge in [0.05, 0.1) is 26.9 Å². The third-order valence-electron chi connectivity index (χ3n) is 3.66.